The van der Waals surface area contributed by atoms with Crippen LogP contribution in [0.4, 0.5) is 0 Å². The van der Waals surface area contributed by atoms with Crippen LogP contribution in [0, 0.1) is 23.2 Å². The van der Waals surface area contributed by atoms with Crippen molar-refractivity contribution in [2.24, 2.45) is 11.8 Å². The first-order valence-corrected chi connectivity index (χ1v) is 3.69. The fourth-order valence-electron chi connectivity index (χ4n) is 1.38. The normalized spacial score (nSPS) is 33.4. The van der Waals surface area contributed by atoms with Crippen molar-refractivity contribution >= 4 is 5.78 Å². The minimum atomic E-state index is -0.302. The van der Waals surface area contributed by atoms with Crippen LogP contribution in [0.25, 0.3) is 0 Å². The predicted molar refractivity (Wildman–Crippen MR) is 37.1 cm³/mol. The molecule has 2 atom stereocenters. The molecule has 0 aromatic rings. The first-order chi connectivity index (χ1) is 4.75. The van der Waals surface area contributed by atoms with Crippen LogP contribution < -0.4 is 0 Å². The van der Waals surface area contributed by atoms with Gasteiger partial charge in [-0.15, -0.1) is 0 Å². The zero-order chi connectivity index (χ0) is 7.56. The molecule has 0 bridgehead atoms. The molecule has 0 aromatic heterocycles. The lowest BCUT2D eigenvalue weighted by molar-refractivity contribution is -0.126. The largest absolute Gasteiger partial charge is 0.298 e. The van der Waals surface area contributed by atoms with Crippen molar-refractivity contribution in [2.75, 3.05) is 0 Å². The van der Waals surface area contributed by atoms with Gasteiger partial charge in [-0.1, -0.05) is 13.3 Å². The molecule has 0 amide bonds. The third-order valence-electron chi connectivity index (χ3n) is 2.11. The average Bonchev–Trinajstić information content (AvgIpc) is 1.95. The Bertz CT molecular complexity index is 180. The molecule has 2 unspecified atom stereocenters. The van der Waals surface area contributed by atoms with Crippen molar-refractivity contribution < 1.29 is 4.79 Å². The Labute approximate surface area is 60.8 Å². The number of nitriles is 1. The van der Waals surface area contributed by atoms with E-state index in [1.165, 1.54) is 0 Å². The maximum Gasteiger partial charge on any atom is 0.152 e. The zero-order valence-corrected chi connectivity index (χ0v) is 6.13. The van der Waals surface area contributed by atoms with Crippen LogP contribution in [0.15, 0.2) is 0 Å². The van der Waals surface area contributed by atoms with Crippen molar-refractivity contribution in [1.29, 1.82) is 5.26 Å². The van der Waals surface area contributed by atoms with E-state index in [9.17, 15) is 4.79 Å². The van der Waals surface area contributed by atoms with E-state index in [1.54, 1.807) is 0 Å². The Kier molecular flexibility index (Phi) is 2.06. The summed E-state index contributed by atoms with van der Waals surface area (Å²) in [5, 5.41) is 8.51. The fourth-order valence-corrected chi connectivity index (χ4v) is 1.38. The minimum absolute atomic E-state index is 0.124. The highest BCUT2D eigenvalue weighted by molar-refractivity contribution is 5.85. The molecule has 0 aromatic carbocycles. The highest BCUT2D eigenvalue weighted by atomic mass is 16.1. The summed E-state index contributed by atoms with van der Waals surface area (Å²) in [5.41, 5.74) is 0. The summed E-state index contributed by atoms with van der Waals surface area (Å²) in [6.07, 6.45) is 2.78. The third kappa shape index (κ3) is 1.18. The fraction of sp³-hybridized carbons (Fsp3) is 0.750. The highest BCUT2D eigenvalue weighted by Crippen LogP contribution is 2.24. The van der Waals surface area contributed by atoms with Gasteiger partial charge in [0.15, 0.2) is 5.78 Å². The van der Waals surface area contributed by atoms with Crippen molar-refractivity contribution in [1.82, 2.24) is 0 Å². The zero-order valence-electron chi connectivity index (χ0n) is 6.13. The molecule has 0 N–H and O–H groups in total. The Hall–Kier alpha value is -0.840. The monoisotopic (exact) mass is 137 g/mol. The van der Waals surface area contributed by atoms with Gasteiger partial charge in [-0.3, -0.25) is 4.79 Å². The van der Waals surface area contributed by atoms with Gasteiger partial charge < -0.3 is 0 Å². The summed E-state index contributed by atoms with van der Waals surface area (Å²) < 4.78 is 0. The molecule has 0 saturated heterocycles. The molecule has 0 spiro atoms. The summed E-state index contributed by atoms with van der Waals surface area (Å²) in [6, 6.07) is 2.03. The van der Waals surface area contributed by atoms with Crippen molar-refractivity contribution in [3.05, 3.63) is 0 Å². The van der Waals surface area contributed by atoms with Crippen LogP contribution in [0.5, 0.6) is 0 Å². The van der Waals surface area contributed by atoms with Crippen molar-refractivity contribution in [3.63, 3.8) is 0 Å². The highest BCUT2D eigenvalue weighted by Gasteiger charge is 2.27. The lowest BCUT2D eigenvalue weighted by Crippen LogP contribution is -2.25. The molecular weight excluding hydrogens is 126 g/mol. The van der Waals surface area contributed by atoms with Crippen LogP contribution in [-0.4, -0.2) is 5.78 Å². The Morgan fingerprint density at radius 2 is 2.30 bits per heavy atom. The first-order valence-electron chi connectivity index (χ1n) is 3.69. The van der Waals surface area contributed by atoms with E-state index >= 15 is 0 Å². The van der Waals surface area contributed by atoms with E-state index in [1.807, 2.05) is 13.0 Å². The quantitative estimate of drug-likeness (QED) is 0.507. The number of nitrogens with zero attached hydrogens (tertiary/aromatic N) is 1. The van der Waals surface area contributed by atoms with Crippen molar-refractivity contribution in [3.8, 4) is 6.07 Å². The van der Waals surface area contributed by atoms with Crippen LogP contribution in [0.3, 0.4) is 0 Å². The summed E-state index contributed by atoms with van der Waals surface area (Å²) in [7, 11) is 0. The number of ketones is 1. The SMILES string of the molecule is CC1CCCC(C#N)C1=O. The van der Waals surface area contributed by atoms with Gasteiger partial charge in [0.25, 0.3) is 0 Å². The lowest BCUT2D eigenvalue weighted by Gasteiger charge is -2.19. The van der Waals surface area contributed by atoms with Gasteiger partial charge in [-0.05, 0) is 12.8 Å². The molecule has 2 nitrogen and oxygen atoms in total. The van der Waals surface area contributed by atoms with Crippen LogP contribution in [0.2, 0.25) is 0 Å². The number of carbonyl (C=O) groups is 1. The van der Waals surface area contributed by atoms with Crippen LogP contribution in [0.1, 0.15) is 26.2 Å². The maximum atomic E-state index is 11.1. The van der Waals surface area contributed by atoms with Gasteiger partial charge in [0.1, 0.15) is 5.92 Å². The summed E-state index contributed by atoms with van der Waals surface area (Å²) >= 11 is 0. The van der Waals surface area contributed by atoms with Gasteiger partial charge in [0.05, 0.1) is 6.07 Å². The Morgan fingerprint density at radius 1 is 1.60 bits per heavy atom. The summed E-state index contributed by atoms with van der Waals surface area (Å²) in [4.78, 5) is 11.1. The molecule has 54 valence electrons. The summed E-state index contributed by atoms with van der Waals surface area (Å²) in [6.45, 7) is 1.91. The number of Topliss-reactive ketones (excluding diaryl/α,β-unsaturated/α-hetero) is 1. The van der Waals surface area contributed by atoms with Gasteiger partial charge in [0, 0.05) is 5.92 Å². The van der Waals surface area contributed by atoms with Gasteiger partial charge in [-0.25, -0.2) is 0 Å². The average molecular weight is 137 g/mol. The molecule has 0 heterocycles. The molecule has 1 fully saturated rings. The number of hydrogen-bond acceptors (Lipinski definition) is 2. The smallest absolute Gasteiger partial charge is 0.152 e. The molecule has 2 heteroatoms. The van der Waals surface area contributed by atoms with Gasteiger partial charge in [-0.2, -0.15) is 5.26 Å². The van der Waals surface area contributed by atoms with E-state index in [0.717, 1.165) is 19.3 Å². The molecule has 1 aliphatic carbocycles. The number of hydrogen-bond donors (Lipinski definition) is 0. The molecule has 0 aliphatic heterocycles. The Morgan fingerprint density at radius 3 is 2.80 bits per heavy atom. The second-order valence-electron chi connectivity index (χ2n) is 2.92. The topological polar surface area (TPSA) is 40.9 Å². The number of rotatable bonds is 0. The van der Waals surface area contributed by atoms with Crippen molar-refractivity contribution in [2.45, 2.75) is 26.2 Å². The van der Waals surface area contributed by atoms with E-state index < -0.39 is 0 Å². The summed E-state index contributed by atoms with van der Waals surface area (Å²) in [5.74, 6) is -0.0316. The second-order valence-corrected chi connectivity index (χ2v) is 2.92. The van der Waals surface area contributed by atoms with E-state index in [4.69, 9.17) is 5.26 Å². The minimum Gasteiger partial charge on any atom is -0.298 e. The number of carbonyl (C=O) groups excluding carboxylic acids is 1. The van der Waals surface area contributed by atoms with Gasteiger partial charge >= 0.3 is 0 Å². The molecule has 10 heavy (non-hydrogen) atoms. The standard InChI is InChI=1S/C8H11NO/c1-6-3-2-4-7(5-9)8(6)10/h6-7H,2-4H2,1H3. The second kappa shape index (κ2) is 2.83. The van der Waals surface area contributed by atoms with E-state index in [2.05, 4.69) is 0 Å². The predicted octanol–water partition coefficient (Wildman–Crippen LogP) is 1.52. The van der Waals surface area contributed by atoms with E-state index in [-0.39, 0.29) is 17.6 Å². The molecule has 1 rings (SSSR count). The first kappa shape index (κ1) is 7.27. The van der Waals surface area contributed by atoms with Crippen LogP contribution in [-0.2, 0) is 4.79 Å². The molecule has 1 aliphatic rings. The van der Waals surface area contributed by atoms with Crippen LogP contribution >= 0.6 is 0 Å². The maximum absolute atomic E-state index is 11.1. The molecular formula is C8H11NO. The molecule has 0 radical (unpaired) electrons. The third-order valence-corrected chi connectivity index (χ3v) is 2.11. The van der Waals surface area contributed by atoms with Gasteiger partial charge in [0.2, 0.25) is 0 Å². The lowest BCUT2D eigenvalue weighted by atomic mass is 9.82. The molecule has 1 saturated carbocycles. The Balaban J connectivity index is 2.62. The van der Waals surface area contributed by atoms with E-state index in [0.29, 0.717) is 0 Å².